The number of ether oxygens (including phenoxy) is 1. The maximum absolute atomic E-state index is 11.9. The fourth-order valence-electron chi connectivity index (χ4n) is 1.42. The fraction of sp³-hybridized carbons (Fsp3) is 0.286. The Morgan fingerprint density at radius 3 is 2.70 bits per heavy atom. The van der Waals surface area contributed by atoms with Gasteiger partial charge in [0.2, 0.25) is 0 Å². The summed E-state index contributed by atoms with van der Waals surface area (Å²) in [5.41, 5.74) is 1.16. The number of methoxy groups -OCH3 is 1. The van der Waals surface area contributed by atoms with E-state index in [0.717, 1.165) is 0 Å². The second-order valence-corrected chi connectivity index (χ2v) is 4.70. The van der Waals surface area contributed by atoms with Gasteiger partial charge in [-0.3, -0.25) is 4.79 Å². The summed E-state index contributed by atoms with van der Waals surface area (Å²) >= 11 is 6.03. The van der Waals surface area contributed by atoms with Crippen molar-refractivity contribution in [3.05, 3.63) is 46.6 Å². The molecule has 0 heterocycles. The summed E-state index contributed by atoms with van der Waals surface area (Å²) in [4.78, 5) is 24.7. The van der Waals surface area contributed by atoms with Crippen molar-refractivity contribution in [1.29, 1.82) is 0 Å². The van der Waals surface area contributed by atoms with Gasteiger partial charge in [0.25, 0.3) is 0 Å². The lowest BCUT2D eigenvalue weighted by molar-refractivity contribution is 0.104. The Morgan fingerprint density at radius 2 is 2.10 bits per heavy atom. The van der Waals surface area contributed by atoms with Crippen molar-refractivity contribution < 1.29 is 14.3 Å². The summed E-state index contributed by atoms with van der Waals surface area (Å²) in [6.07, 6.45) is 2.59. The van der Waals surface area contributed by atoms with Crippen LogP contribution in [0.2, 0.25) is 5.02 Å². The van der Waals surface area contributed by atoms with Crippen LogP contribution in [0, 0.1) is 0 Å². The number of carbonyl (C=O) groups excluding carboxylic acids is 2. The van der Waals surface area contributed by atoms with Gasteiger partial charge in [0.15, 0.2) is 5.78 Å². The molecular weight excluding hydrogens is 280 g/mol. The van der Waals surface area contributed by atoms with Crippen LogP contribution in [0.1, 0.15) is 15.9 Å². The van der Waals surface area contributed by atoms with Gasteiger partial charge in [0.1, 0.15) is 0 Å². The number of rotatable bonds is 5. The molecular formula is C14H17ClN2O3. The minimum absolute atomic E-state index is 0.130. The van der Waals surface area contributed by atoms with Gasteiger partial charge in [-0.05, 0) is 23.8 Å². The molecule has 108 valence electrons. The first-order valence-electron chi connectivity index (χ1n) is 5.93. The number of alkyl carbamates (subject to hydrolysis) is 1. The molecule has 0 aliphatic heterocycles. The lowest BCUT2D eigenvalue weighted by Gasteiger charge is -2.08. The minimum atomic E-state index is -0.551. The number of ketones is 1. The van der Waals surface area contributed by atoms with Gasteiger partial charge in [0, 0.05) is 43.5 Å². The number of hydrogen-bond acceptors (Lipinski definition) is 4. The number of amides is 1. The van der Waals surface area contributed by atoms with Crippen LogP contribution >= 0.6 is 11.6 Å². The van der Waals surface area contributed by atoms with Gasteiger partial charge in [-0.1, -0.05) is 11.6 Å². The van der Waals surface area contributed by atoms with Crippen LogP contribution in [0.5, 0.6) is 0 Å². The largest absolute Gasteiger partial charge is 0.453 e. The highest BCUT2D eigenvalue weighted by atomic mass is 35.5. The summed E-state index contributed by atoms with van der Waals surface area (Å²) in [5.74, 6) is -0.130. The van der Waals surface area contributed by atoms with E-state index in [1.807, 2.05) is 14.1 Å². The van der Waals surface area contributed by atoms with E-state index < -0.39 is 6.09 Å². The SMILES string of the molecule is COC(=O)NCc1cc(C(=O)/C=C/N(C)C)ccc1Cl. The first-order chi connectivity index (χ1) is 9.43. The average Bonchev–Trinajstić information content (AvgIpc) is 2.43. The van der Waals surface area contributed by atoms with E-state index in [1.54, 1.807) is 29.3 Å². The van der Waals surface area contributed by atoms with Crippen molar-refractivity contribution in [2.45, 2.75) is 6.54 Å². The lowest BCUT2D eigenvalue weighted by Crippen LogP contribution is -2.22. The van der Waals surface area contributed by atoms with Gasteiger partial charge >= 0.3 is 6.09 Å². The van der Waals surface area contributed by atoms with Crippen molar-refractivity contribution in [1.82, 2.24) is 10.2 Å². The molecule has 0 bridgehead atoms. The van der Waals surface area contributed by atoms with Gasteiger partial charge in [-0.25, -0.2) is 4.79 Å². The van der Waals surface area contributed by atoms with Crippen LogP contribution in [-0.2, 0) is 11.3 Å². The first-order valence-corrected chi connectivity index (χ1v) is 6.31. The van der Waals surface area contributed by atoms with E-state index in [1.165, 1.54) is 13.2 Å². The Kier molecular flexibility index (Phi) is 6.06. The van der Waals surface area contributed by atoms with Crippen LogP contribution in [-0.4, -0.2) is 38.0 Å². The van der Waals surface area contributed by atoms with Gasteiger partial charge in [-0.15, -0.1) is 0 Å². The third-order valence-electron chi connectivity index (χ3n) is 2.46. The molecule has 1 rings (SSSR count). The number of carbonyl (C=O) groups is 2. The molecule has 1 N–H and O–H groups in total. The van der Waals surface area contributed by atoms with Crippen LogP contribution in [0.4, 0.5) is 4.79 Å². The number of allylic oxidation sites excluding steroid dienone is 1. The maximum Gasteiger partial charge on any atom is 0.407 e. The quantitative estimate of drug-likeness (QED) is 0.670. The number of benzene rings is 1. The smallest absolute Gasteiger partial charge is 0.407 e. The molecule has 1 aromatic rings. The predicted molar refractivity (Wildman–Crippen MR) is 77.9 cm³/mol. The number of hydrogen-bond donors (Lipinski definition) is 1. The molecule has 20 heavy (non-hydrogen) atoms. The highest BCUT2D eigenvalue weighted by Crippen LogP contribution is 2.18. The molecule has 0 radical (unpaired) electrons. The van der Waals surface area contributed by atoms with Crippen molar-refractivity contribution >= 4 is 23.5 Å². The summed E-state index contributed by atoms with van der Waals surface area (Å²) < 4.78 is 4.48. The van der Waals surface area contributed by atoms with Gasteiger partial charge in [0.05, 0.1) is 7.11 Å². The Hall–Kier alpha value is -2.01. The standard InChI is InChI=1S/C14H17ClN2O3/c1-17(2)7-6-13(18)10-4-5-12(15)11(8-10)9-16-14(19)20-3/h4-8H,9H2,1-3H3,(H,16,19)/b7-6+. The molecule has 0 atom stereocenters. The van der Waals surface area contributed by atoms with E-state index in [2.05, 4.69) is 10.1 Å². The zero-order valence-corrected chi connectivity index (χ0v) is 12.4. The summed E-state index contributed by atoms with van der Waals surface area (Å²) in [7, 11) is 4.94. The van der Waals surface area contributed by atoms with Crippen LogP contribution in [0.25, 0.3) is 0 Å². The predicted octanol–water partition coefficient (Wildman–Crippen LogP) is 2.45. The second kappa shape index (κ2) is 7.55. The molecule has 0 unspecified atom stereocenters. The van der Waals surface area contributed by atoms with E-state index >= 15 is 0 Å². The third-order valence-corrected chi connectivity index (χ3v) is 2.83. The van der Waals surface area contributed by atoms with Crippen molar-refractivity contribution in [3.8, 4) is 0 Å². The number of halogens is 1. The fourth-order valence-corrected chi connectivity index (χ4v) is 1.60. The summed E-state index contributed by atoms with van der Waals surface area (Å²) in [6.45, 7) is 0.198. The molecule has 0 saturated heterocycles. The highest BCUT2D eigenvalue weighted by molar-refractivity contribution is 6.31. The molecule has 1 aromatic carbocycles. The summed E-state index contributed by atoms with van der Waals surface area (Å²) in [5, 5.41) is 3.00. The molecule has 0 aliphatic rings. The molecule has 1 amide bonds. The summed E-state index contributed by atoms with van der Waals surface area (Å²) in [6, 6.07) is 4.93. The number of nitrogens with zero attached hydrogens (tertiary/aromatic N) is 1. The van der Waals surface area contributed by atoms with Crippen molar-refractivity contribution in [2.75, 3.05) is 21.2 Å². The lowest BCUT2D eigenvalue weighted by atomic mass is 10.1. The van der Waals surface area contributed by atoms with E-state index in [0.29, 0.717) is 16.1 Å². The molecule has 5 nitrogen and oxygen atoms in total. The highest BCUT2D eigenvalue weighted by Gasteiger charge is 2.08. The number of nitrogens with one attached hydrogen (secondary N) is 1. The Morgan fingerprint density at radius 1 is 1.40 bits per heavy atom. The van der Waals surface area contributed by atoms with Crippen molar-refractivity contribution in [2.24, 2.45) is 0 Å². The average molecular weight is 297 g/mol. The maximum atomic E-state index is 11.9. The van der Waals surface area contributed by atoms with E-state index in [9.17, 15) is 9.59 Å². The molecule has 6 heteroatoms. The van der Waals surface area contributed by atoms with Crippen LogP contribution in [0.3, 0.4) is 0 Å². The van der Waals surface area contributed by atoms with Crippen LogP contribution < -0.4 is 5.32 Å². The van der Waals surface area contributed by atoms with Crippen molar-refractivity contribution in [3.63, 3.8) is 0 Å². The first kappa shape index (κ1) is 16.0. The molecule has 0 aromatic heterocycles. The molecule has 0 aliphatic carbocycles. The van der Waals surface area contributed by atoms with Gasteiger partial charge in [-0.2, -0.15) is 0 Å². The zero-order chi connectivity index (χ0) is 15.1. The topological polar surface area (TPSA) is 58.6 Å². The monoisotopic (exact) mass is 296 g/mol. The van der Waals surface area contributed by atoms with Gasteiger partial charge < -0.3 is 15.0 Å². The molecule has 0 spiro atoms. The third kappa shape index (κ3) is 4.93. The molecule has 0 fully saturated rings. The minimum Gasteiger partial charge on any atom is -0.453 e. The van der Waals surface area contributed by atoms with E-state index in [-0.39, 0.29) is 12.3 Å². The Balaban J connectivity index is 2.85. The Labute approximate surface area is 123 Å². The zero-order valence-electron chi connectivity index (χ0n) is 11.6. The second-order valence-electron chi connectivity index (χ2n) is 4.29. The normalized spacial score (nSPS) is 10.4. The molecule has 0 saturated carbocycles. The van der Waals surface area contributed by atoms with Crippen LogP contribution in [0.15, 0.2) is 30.5 Å². The van der Waals surface area contributed by atoms with E-state index in [4.69, 9.17) is 11.6 Å². The Bertz CT molecular complexity index is 527.